The summed E-state index contributed by atoms with van der Waals surface area (Å²) in [6, 6.07) is 10.5. The van der Waals surface area contributed by atoms with Crippen molar-refractivity contribution in [2.75, 3.05) is 0 Å². The van der Waals surface area contributed by atoms with E-state index in [4.69, 9.17) is 0 Å². The number of carbonyl (C=O) groups excluding carboxylic acids is 2. The summed E-state index contributed by atoms with van der Waals surface area (Å²) >= 11 is 4.11. The van der Waals surface area contributed by atoms with Crippen molar-refractivity contribution in [3.8, 4) is 5.75 Å². The highest BCUT2D eigenvalue weighted by molar-refractivity contribution is 9.10. The minimum Gasteiger partial charge on any atom is -0.507 e. The van der Waals surface area contributed by atoms with E-state index in [-0.39, 0.29) is 23.0 Å². The Bertz CT molecular complexity index is 851. The molecule has 0 bridgehead atoms. The number of aromatic hydroxyl groups is 1. The molecule has 2 aromatic rings. The van der Waals surface area contributed by atoms with E-state index < -0.39 is 11.1 Å². The Morgan fingerprint density at radius 3 is 2.58 bits per heavy atom. The molecule has 1 aliphatic heterocycles. The lowest BCUT2D eigenvalue weighted by Crippen LogP contribution is -2.27. The summed E-state index contributed by atoms with van der Waals surface area (Å²) in [4.78, 5) is 25.9. The molecule has 1 N–H and O–H groups in total. The molecule has 24 heavy (non-hydrogen) atoms. The van der Waals surface area contributed by atoms with Crippen LogP contribution in [0.25, 0.3) is 6.08 Å². The lowest BCUT2D eigenvalue weighted by atomic mass is 10.2. The average Bonchev–Trinajstić information content (AvgIpc) is 2.80. The molecule has 4 nitrogen and oxygen atoms in total. The monoisotopic (exact) mass is 407 g/mol. The summed E-state index contributed by atoms with van der Waals surface area (Å²) in [7, 11) is 0. The van der Waals surface area contributed by atoms with Gasteiger partial charge in [-0.05, 0) is 53.7 Å². The van der Waals surface area contributed by atoms with Crippen LogP contribution in [0.4, 0.5) is 9.18 Å². The Kier molecular flexibility index (Phi) is 4.73. The van der Waals surface area contributed by atoms with Gasteiger partial charge in [0.2, 0.25) is 0 Å². The minimum atomic E-state index is -0.436. The third-order valence-electron chi connectivity index (χ3n) is 3.40. The third-order valence-corrected chi connectivity index (χ3v) is 4.80. The van der Waals surface area contributed by atoms with Gasteiger partial charge in [0.15, 0.2) is 0 Å². The van der Waals surface area contributed by atoms with Crippen molar-refractivity contribution in [1.29, 1.82) is 0 Å². The SMILES string of the molecule is O=C1SC(=Cc2cc(Br)ccc2O)C(=O)N1Cc1ccc(F)cc1. The summed E-state index contributed by atoms with van der Waals surface area (Å²) in [5.41, 5.74) is 1.10. The molecule has 0 aromatic heterocycles. The number of hydrogen-bond donors (Lipinski definition) is 1. The van der Waals surface area contributed by atoms with Crippen molar-refractivity contribution >= 4 is 44.9 Å². The van der Waals surface area contributed by atoms with Gasteiger partial charge < -0.3 is 5.11 Å². The van der Waals surface area contributed by atoms with E-state index in [1.807, 2.05) is 0 Å². The molecule has 7 heteroatoms. The molecule has 0 aliphatic carbocycles. The molecule has 0 unspecified atom stereocenters. The summed E-state index contributed by atoms with van der Waals surface area (Å²) in [6.45, 7) is 0.0761. The van der Waals surface area contributed by atoms with Crippen molar-refractivity contribution in [3.63, 3.8) is 0 Å². The second kappa shape index (κ2) is 6.78. The fourth-order valence-corrected chi connectivity index (χ4v) is 3.40. The van der Waals surface area contributed by atoms with E-state index in [2.05, 4.69) is 15.9 Å². The molecule has 122 valence electrons. The second-order valence-corrected chi connectivity index (χ2v) is 7.01. The Hall–Kier alpha value is -2.12. The number of halogens is 2. The van der Waals surface area contributed by atoms with Crippen LogP contribution in [0.3, 0.4) is 0 Å². The molecule has 3 rings (SSSR count). The van der Waals surface area contributed by atoms with E-state index in [1.54, 1.807) is 12.1 Å². The Labute approximate surface area is 150 Å². The van der Waals surface area contributed by atoms with Gasteiger partial charge in [-0.15, -0.1) is 0 Å². The minimum absolute atomic E-state index is 0.0172. The van der Waals surface area contributed by atoms with Gasteiger partial charge in [0.25, 0.3) is 11.1 Å². The summed E-state index contributed by atoms with van der Waals surface area (Å²) in [5.74, 6) is -0.796. The van der Waals surface area contributed by atoms with E-state index >= 15 is 0 Å². The molecule has 0 radical (unpaired) electrons. The van der Waals surface area contributed by atoms with E-state index in [9.17, 15) is 19.1 Å². The van der Waals surface area contributed by atoms with Gasteiger partial charge in [0, 0.05) is 10.0 Å². The van der Waals surface area contributed by atoms with Crippen molar-refractivity contribution in [1.82, 2.24) is 4.90 Å². The highest BCUT2D eigenvalue weighted by Gasteiger charge is 2.35. The molecular weight excluding hydrogens is 397 g/mol. The molecule has 0 spiro atoms. The van der Waals surface area contributed by atoms with E-state index in [1.165, 1.54) is 36.4 Å². The molecule has 0 atom stereocenters. The number of phenolic OH excluding ortho intramolecular Hbond substituents is 1. The zero-order valence-electron chi connectivity index (χ0n) is 12.2. The number of thioether (sulfide) groups is 1. The molecule has 2 amide bonds. The van der Waals surface area contributed by atoms with Gasteiger partial charge >= 0.3 is 0 Å². The fraction of sp³-hybridized carbons (Fsp3) is 0.0588. The van der Waals surface area contributed by atoms with Gasteiger partial charge in [0.1, 0.15) is 11.6 Å². The van der Waals surface area contributed by atoms with E-state index in [0.29, 0.717) is 11.1 Å². The highest BCUT2D eigenvalue weighted by Crippen LogP contribution is 2.35. The van der Waals surface area contributed by atoms with Crippen LogP contribution in [0.15, 0.2) is 51.8 Å². The number of carbonyl (C=O) groups is 2. The predicted molar refractivity (Wildman–Crippen MR) is 93.7 cm³/mol. The first-order valence-electron chi connectivity index (χ1n) is 6.92. The van der Waals surface area contributed by atoms with Crippen molar-refractivity contribution in [2.24, 2.45) is 0 Å². The number of nitrogens with zero attached hydrogens (tertiary/aromatic N) is 1. The molecule has 1 fully saturated rings. The van der Waals surface area contributed by atoms with Crippen LogP contribution in [-0.2, 0) is 11.3 Å². The maximum absolute atomic E-state index is 12.9. The van der Waals surface area contributed by atoms with Crippen molar-refractivity contribution in [2.45, 2.75) is 6.54 Å². The predicted octanol–water partition coefficient (Wildman–Crippen LogP) is 4.53. The third kappa shape index (κ3) is 3.52. The lowest BCUT2D eigenvalue weighted by Gasteiger charge is -2.12. The first kappa shape index (κ1) is 16.7. The Balaban J connectivity index is 1.84. The van der Waals surface area contributed by atoms with Gasteiger partial charge in [-0.25, -0.2) is 4.39 Å². The van der Waals surface area contributed by atoms with Crippen LogP contribution in [0.5, 0.6) is 5.75 Å². The van der Waals surface area contributed by atoms with Gasteiger partial charge in [-0.3, -0.25) is 14.5 Å². The summed E-state index contributed by atoms with van der Waals surface area (Å²) < 4.78 is 13.7. The number of benzene rings is 2. The first-order chi connectivity index (χ1) is 11.4. The Morgan fingerprint density at radius 2 is 1.88 bits per heavy atom. The summed E-state index contributed by atoms with van der Waals surface area (Å²) in [6.07, 6.45) is 1.48. The maximum Gasteiger partial charge on any atom is 0.293 e. The van der Waals surface area contributed by atoms with Gasteiger partial charge in [0.05, 0.1) is 11.4 Å². The molecule has 0 saturated carbocycles. The normalized spacial score (nSPS) is 16.2. The number of rotatable bonds is 3. The average molecular weight is 408 g/mol. The number of phenols is 1. The number of imide groups is 1. The standard InChI is InChI=1S/C17H11BrFNO3S/c18-12-3-6-14(21)11(7-12)8-15-16(22)20(17(23)24-15)9-10-1-4-13(19)5-2-10/h1-8,21H,9H2. The Morgan fingerprint density at radius 1 is 1.17 bits per heavy atom. The summed E-state index contributed by atoms with van der Waals surface area (Å²) in [5, 5.41) is 9.46. The van der Waals surface area contributed by atoms with Crippen LogP contribution in [0.1, 0.15) is 11.1 Å². The fourth-order valence-electron chi connectivity index (χ4n) is 2.19. The van der Waals surface area contributed by atoms with Crippen LogP contribution < -0.4 is 0 Å². The van der Waals surface area contributed by atoms with E-state index in [0.717, 1.165) is 21.1 Å². The maximum atomic E-state index is 12.9. The zero-order chi connectivity index (χ0) is 17.3. The smallest absolute Gasteiger partial charge is 0.293 e. The highest BCUT2D eigenvalue weighted by atomic mass is 79.9. The number of amides is 2. The second-order valence-electron chi connectivity index (χ2n) is 5.10. The number of hydrogen-bond acceptors (Lipinski definition) is 4. The van der Waals surface area contributed by atoms with Crippen LogP contribution >= 0.6 is 27.7 Å². The molecule has 2 aromatic carbocycles. The van der Waals surface area contributed by atoms with Crippen molar-refractivity contribution in [3.05, 3.63) is 68.8 Å². The molecule has 1 aliphatic rings. The van der Waals surface area contributed by atoms with Crippen LogP contribution in [-0.4, -0.2) is 21.2 Å². The zero-order valence-corrected chi connectivity index (χ0v) is 14.6. The largest absolute Gasteiger partial charge is 0.507 e. The molecule has 1 heterocycles. The first-order valence-corrected chi connectivity index (χ1v) is 8.53. The quantitative estimate of drug-likeness (QED) is 0.759. The van der Waals surface area contributed by atoms with Gasteiger partial charge in [-0.2, -0.15) is 0 Å². The van der Waals surface area contributed by atoms with Crippen molar-refractivity contribution < 1.29 is 19.1 Å². The topological polar surface area (TPSA) is 57.6 Å². The van der Waals surface area contributed by atoms with Crippen LogP contribution in [0.2, 0.25) is 0 Å². The van der Waals surface area contributed by atoms with Gasteiger partial charge in [-0.1, -0.05) is 28.1 Å². The lowest BCUT2D eigenvalue weighted by molar-refractivity contribution is -0.123. The van der Waals surface area contributed by atoms with Crippen LogP contribution in [0, 0.1) is 5.82 Å². The molecule has 1 saturated heterocycles. The molecular formula is C17H11BrFNO3S.